The molecule has 3 rings (SSSR count). The van der Waals surface area contributed by atoms with Crippen LogP contribution in [0.5, 0.6) is 5.75 Å². The van der Waals surface area contributed by atoms with E-state index in [9.17, 15) is 0 Å². The van der Waals surface area contributed by atoms with Crippen LogP contribution in [-0.4, -0.2) is 21.6 Å². The van der Waals surface area contributed by atoms with Gasteiger partial charge in [-0.1, -0.05) is 18.2 Å². The average molecular weight is 239 g/mol. The van der Waals surface area contributed by atoms with Gasteiger partial charge >= 0.3 is 0 Å². The number of imidazole rings is 1. The summed E-state index contributed by atoms with van der Waals surface area (Å²) in [7, 11) is 0. The Morgan fingerprint density at radius 1 is 1.06 bits per heavy atom. The molecule has 1 N–H and O–H groups in total. The van der Waals surface area contributed by atoms with Crippen molar-refractivity contribution in [2.45, 2.75) is 6.42 Å². The molecule has 90 valence electrons. The highest BCUT2D eigenvalue weighted by atomic mass is 16.5. The second-order valence-corrected chi connectivity index (χ2v) is 3.97. The van der Waals surface area contributed by atoms with Crippen molar-refractivity contribution < 1.29 is 4.74 Å². The molecule has 2 heterocycles. The lowest BCUT2D eigenvalue weighted by molar-refractivity contribution is 0.319. The maximum Gasteiger partial charge on any atom is 0.177 e. The number of benzene rings is 1. The van der Waals surface area contributed by atoms with Gasteiger partial charge < -0.3 is 9.72 Å². The molecule has 0 amide bonds. The maximum atomic E-state index is 5.63. The van der Waals surface area contributed by atoms with E-state index in [0.29, 0.717) is 6.61 Å². The molecule has 4 nitrogen and oxygen atoms in total. The summed E-state index contributed by atoms with van der Waals surface area (Å²) in [5.41, 5.74) is 1.72. The van der Waals surface area contributed by atoms with E-state index in [-0.39, 0.29) is 0 Å². The minimum atomic E-state index is 0.601. The molecule has 0 unspecified atom stereocenters. The fourth-order valence-electron chi connectivity index (χ4n) is 1.80. The standard InChI is InChI=1S/C14H13N3O/c1-2-5-11(6-3-1)18-10-8-13-16-12-7-4-9-15-14(12)17-13/h1-7,9H,8,10H2,(H,15,16,17). The van der Waals surface area contributed by atoms with Gasteiger partial charge in [0.05, 0.1) is 12.1 Å². The summed E-state index contributed by atoms with van der Waals surface area (Å²) in [6.45, 7) is 0.601. The average Bonchev–Trinajstić information content (AvgIpc) is 2.82. The zero-order valence-corrected chi connectivity index (χ0v) is 9.84. The Bertz CT molecular complexity index is 601. The van der Waals surface area contributed by atoms with Gasteiger partial charge in [-0.05, 0) is 24.3 Å². The molecule has 0 aliphatic rings. The summed E-state index contributed by atoms with van der Waals surface area (Å²) >= 11 is 0. The third kappa shape index (κ3) is 2.32. The van der Waals surface area contributed by atoms with Gasteiger partial charge in [0.15, 0.2) is 5.65 Å². The minimum Gasteiger partial charge on any atom is -0.493 e. The van der Waals surface area contributed by atoms with Crippen LogP contribution in [0.4, 0.5) is 0 Å². The molecule has 3 aromatic rings. The predicted octanol–water partition coefficient (Wildman–Crippen LogP) is 2.58. The molecule has 4 heteroatoms. The van der Waals surface area contributed by atoms with E-state index < -0.39 is 0 Å². The first-order chi connectivity index (χ1) is 8.92. The van der Waals surface area contributed by atoms with Crippen LogP contribution in [0.25, 0.3) is 11.2 Å². The molecule has 0 radical (unpaired) electrons. The van der Waals surface area contributed by atoms with Gasteiger partial charge in [-0.15, -0.1) is 0 Å². The van der Waals surface area contributed by atoms with Crippen LogP contribution in [0.2, 0.25) is 0 Å². The van der Waals surface area contributed by atoms with Crippen molar-refractivity contribution in [3.63, 3.8) is 0 Å². The van der Waals surface area contributed by atoms with Crippen molar-refractivity contribution in [1.82, 2.24) is 15.0 Å². The van der Waals surface area contributed by atoms with Crippen molar-refractivity contribution in [3.8, 4) is 5.75 Å². The number of fused-ring (bicyclic) bond motifs is 1. The van der Waals surface area contributed by atoms with Crippen LogP contribution in [-0.2, 0) is 6.42 Å². The van der Waals surface area contributed by atoms with Crippen LogP contribution in [0, 0.1) is 0 Å². The number of nitrogens with zero attached hydrogens (tertiary/aromatic N) is 2. The number of pyridine rings is 1. The molecule has 0 atom stereocenters. The van der Waals surface area contributed by atoms with Gasteiger partial charge in [0.2, 0.25) is 0 Å². The van der Waals surface area contributed by atoms with Gasteiger partial charge in [0, 0.05) is 12.6 Å². The summed E-state index contributed by atoms with van der Waals surface area (Å²) in [5, 5.41) is 0. The van der Waals surface area contributed by atoms with Crippen LogP contribution >= 0.6 is 0 Å². The van der Waals surface area contributed by atoms with Crippen molar-refractivity contribution in [1.29, 1.82) is 0 Å². The zero-order chi connectivity index (χ0) is 12.2. The van der Waals surface area contributed by atoms with E-state index in [4.69, 9.17) is 4.74 Å². The Morgan fingerprint density at radius 2 is 1.94 bits per heavy atom. The second kappa shape index (κ2) is 4.87. The summed E-state index contributed by atoms with van der Waals surface area (Å²) in [6.07, 6.45) is 2.48. The largest absolute Gasteiger partial charge is 0.493 e. The highest BCUT2D eigenvalue weighted by molar-refractivity contribution is 5.69. The SMILES string of the molecule is c1ccc(OCCc2nc3ncccc3[nH]2)cc1. The smallest absolute Gasteiger partial charge is 0.177 e. The van der Waals surface area contributed by atoms with E-state index in [1.54, 1.807) is 6.20 Å². The van der Waals surface area contributed by atoms with Crippen LogP contribution in [0.1, 0.15) is 5.82 Å². The Morgan fingerprint density at radius 3 is 2.78 bits per heavy atom. The molecule has 1 aromatic carbocycles. The summed E-state index contributed by atoms with van der Waals surface area (Å²) in [6, 6.07) is 13.6. The monoisotopic (exact) mass is 239 g/mol. The number of hydrogen-bond acceptors (Lipinski definition) is 3. The Labute approximate surface area is 105 Å². The first-order valence-electron chi connectivity index (χ1n) is 5.89. The molecular formula is C14H13N3O. The van der Waals surface area contributed by atoms with Gasteiger partial charge in [-0.25, -0.2) is 9.97 Å². The number of aromatic amines is 1. The molecule has 0 saturated carbocycles. The topological polar surface area (TPSA) is 50.8 Å². The van der Waals surface area contributed by atoms with E-state index >= 15 is 0 Å². The highest BCUT2D eigenvalue weighted by Crippen LogP contribution is 2.10. The van der Waals surface area contributed by atoms with Crippen LogP contribution in [0.15, 0.2) is 48.7 Å². The lowest BCUT2D eigenvalue weighted by atomic mass is 10.3. The van der Waals surface area contributed by atoms with Gasteiger partial charge in [-0.3, -0.25) is 0 Å². The summed E-state index contributed by atoms with van der Waals surface area (Å²) < 4.78 is 5.63. The van der Waals surface area contributed by atoms with Crippen molar-refractivity contribution >= 4 is 11.2 Å². The number of para-hydroxylation sites is 1. The lowest BCUT2D eigenvalue weighted by Crippen LogP contribution is -2.02. The molecule has 0 aliphatic heterocycles. The third-order valence-corrected chi connectivity index (χ3v) is 2.66. The van der Waals surface area contributed by atoms with Crippen molar-refractivity contribution in [3.05, 3.63) is 54.5 Å². The number of hydrogen-bond donors (Lipinski definition) is 1. The van der Waals surface area contributed by atoms with Crippen LogP contribution in [0.3, 0.4) is 0 Å². The van der Waals surface area contributed by atoms with Crippen molar-refractivity contribution in [2.75, 3.05) is 6.61 Å². The molecule has 0 fully saturated rings. The number of aromatic nitrogens is 3. The maximum absolute atomic E-state index is 5.63. The molecular weight excluding hydrogens is 226 g/mol. The number of nitrogens with one attached hydrogen (secondary N) is 1. The number of rotatable bonds is 4. The Hall–Kier alpha value is -2.36. The molecule has 0 saturated heterocycles. The third-order valence-electron chi connectivity index (χ3n) is 2.66. The van der Waals surface area contributed by atoms with E-state index in [0.717, 1.165) is 29.2 Å². The number of H-pyrrole nitrogens is 1. The molecule has 0 spiro atoms. The lowest BCUT2D eigenvalue weighted by Gasteiger charge is -2.03. The van der Waals surface area contributed by atoms with Crippen LogP contribution < -0.4 is 4.74 Å². The Kier molecular flexibility index (Phi) is 2.92. The molecule has 18 heavy (non-hydrogen) atoms. The summed E-state index contributed by atoms with van der Waals surface area (Å²) in [5.74, 6) is 1.78. The molecule has 2 aromatic heterocycles. The van der Waals surface area contributed by atoms with E-state index in [1.807, 2.05) is 42.5 Å². The summed E-state index contributed by atoms with van der Waals surface area (Å²) in [4.78, 5) is 11.8. The van der Waals surface area contributed by atoms with E-state index in [1.165, 1.54) is 0 Å². The highest BCUT2D eigenvalue weighted by Gasteiger charge is 2.02. The van der Waals surface area contributed by atoms with Crippen molar-refractivity contribution in [2.24, 2.45) is 0 Å². The molecule has 0 bridgehead atoms. The second-order valence-electron chi connectivity index (χ2n) is 3.97. The van der Waals surface area contributed by atoms with Gasteiger partial charge in [0.1, 0.15) is 11.6 Å². The predicted molar refractivity (Wildman–Crippen MR) is 69.5 cm³/mol. The molecule has 0 aliphatic carbocycles. The Balaban J connectivity index is 1.63. The first-order valence-corrected chi connectivity index (χ1v) is 5.89. The van der Waals surface area contributed by atoms with Gasteiger partial charge in [-0.2, -0.15) is 0 Å². The first kappa shape index (κ1) is 10.8. The minimum absolute atomic E-state index is 0.601. The normalized spacial score (nSPS) is 10.7. The number of ether oxygens (including phenoxy) is 1. The quantitative estimate of drug-likeness (QED) is 0.761. The van der Waals surface area contributed by atoms with Gasteiger partial charge in [0.25, 0.3) is 0 Å². The zero-order valence-electron chi connectivity index (χ0n) is 9.84. The fourth-order valence-corrected chi connectivity index (χ4v) is 1.80. The van der Waals surface area contributed by atoms with E-state index in [2.05, 4.69) is 15.0 Å². The fraction of sp³-hybridized carbons (Fsp3) is 0.143.